The average Bonchev–Trinajstić information content (AvgIpc) is 3.08. The number of hydrogen-bond donors (Lipinski definition) is 2. The van der Waals surface area contributed by atoms with Gasteiger partial charge in [-0.1, -0.05) is 30.3 Å². The SMILES string of the molecule is CN=C(NCCCCN1C(=O)c2ccccc2C1=O)NC1CCCN(c2ccccc2)C1. The third-order valence-corrected chi connectivity index (χ3v) is 6.09. The first-order valence-corrected chi connectivity index (χ1v) is 11.4. The average molecular weight is 434 g/mol. The number of nitrogens with one attached hydrogen (secondary N) is 2. The van der Waals surface area contributed by atoms with E-state index in [-0.39, 0.29) is 11.8 Å². The molecule has 2 aromatic rings. The molecule has 0 aromatic heterocycles. The van der Waals surface area contributed by atoms with Gasteiger partial charge in [0.2, 0.25) is 0 Å². The number of unbranched alkanes of at least 4 members (excludes halogenated alkanes) is 1. The summed E-state index contributed by atoms with van der Waals surface area (Å²) in [6.45, 7) is 3.20. The number of carbonyl (C=O) groups excluding carboxylic acids is 2. The maximum absolute atomic E-state index is 12.4. The maximum atomic E-state index is 12.4. The predicted octanol–water partition coefficient (Wildman–Crippen LogP) is 2.90. The van der Waals surface area contributed by atoms with E-state index >= 15 is 0 Å². The van der Waals surface area contributed by atoms with Gasteiger partial charge in [-0.05, 0) is 49.9 Å². The van der Waals surface area contributed by atoms with Crippen LogP contribution in [-0.2, 0) is 0 Å². The van der Waals surface area contributed by atoms with Crippen LogP contribution in [-0.4, -0.2) is 61.9 Å². The molecule has 2 heterocycles. The second-order valence-electron chi connectivity index (χ2n) is 8.28. The number of amides is 2. The normalized spacial score (nSPS) is 18.7. The third kappa shape index (κ3) is 4.93. The van der Waals surface area contributed by atoms with Gasteiger partial charge in [-0.2, -0.15) is 0 Å². The fourth-order valence-electron chi connectivity index (χ4n) is 4.40. The van der Waals surface area contributed by atoms with E-state index in [1.165, 1.54) is 10.6 Å². The van der Waals surface area contributed by atoms with Crippen LogP contribution < -0.4 is 15.5 Å². The van der Waals surface area contributed by atoms with Crippen molar-refractivity contribution in [2.45, 2.75) is 31.7 Å². The Balaban J connectivity index is 1.19. The largest absolute Gasteiger partial charge is 0.369 e. The van der Waals surface area contributed by atoms with Crippen LogP contribution >= 0.6 is 0 Å². The molecular weight excluding hydrogens is 402 g/mol. The van der Waals surface area contributed by atoms with E-state index in [9.17, 15) is 9.59 Å². The summed E-state index contributed by atoms with van der Waals surface area (Å²) in [6, 6.07) is 17.9. The van der Waals surface area contributed by atoms with Crippen molar-refractivity contribution in [3.63, 3.8) is 0 Å². The van der Waals surface area contributed by atoms with Crippen molar-refractivity contribution in [1.29, 1.82) is 0 Å². The highest BCUT2D eigenvalue weighted by molar-refractivity contribution is 6.21. The summed E-state index contributed by atoms with van der Waals surface area (Å²) in [7, 11) is 1.78. The number of piperidine rings is 1. The molecule has 32 heavy (non-hydrogen) atoms. The molecule has 0 aliphatic carbocycles. The topological polar surface area (TPSA) is 77.0 Å². The van der Waals surface area contributed by atoms with E-state index < -0.39 is 0 Å². The Hall–Kier alpha value is -3.35. The van der Waals surface area contributed by atoms with Crippen molar-refractivity contribution in [2.24, 2.45) is 4.99 Å². The second-order valence-corrected chi connectivity index (χ2v) is 8.28. The first kappa shape index (κ1) is 21.9. The van der Waals surface area contributed by atoms with E-state index in [0.29, 0.717) is 23.7 Å². The number of para-hydroxylation sites is 1. The van der Waals surface area contributed by atoms with Crippen LogP contribution in [0.2, 0.25) is 0 Å². The first-order chi connectivity index (χ1) is 15.7. The van der Waals surface area contributed by atoms with Crippen LogP contribution in [0.4, 0.5) is 5.69 Å². The quantitative estimate of drug-likeness (QED) is 0.304. The summed E-state index contributed by atoms with van der Waals surface area (Å²) in [5, 5.41) is 6.91. The van der Waals surface area contributed by atoms with Crippen LogP contribution in [0.5, 0.6) is 0 Å². The molecule has 4 rings (SSSR count). The number of fused-ring (bicyclic) bond motifs is 1. The highest BCUT2D eigenvalue weighted by Crippen LogP contribution is 2.22. The molecule has 2 aromatic carbocycles. The summed E-state index contributed by atoms with van der Waals surface area (Å²) in [6.07, 6.45) is 3.85. The molecule has 0 bridgehead atoms. The minimum absolute atomic E-state index is 0.184. The Bertz CT molecular complexity index is 940. The van der Waals surface area contributed by atoms with Crippen LogP contribution in [0.1, 0.15) is 46.4 Å². The zero-order chi connectivity index (χ0) is 22.3. The molecule has 1 saturated heterocycles. The number of nitrogens with zero attached hydrogens (tertiary/aromatic N) is 3. The van der Waals surface area contributed by atoms with E-state index in [4.69, 9.17) is 0 Å². The molecule has 1 unspecified atom stereocenters. The highest BCUT2D eigenvalue weighted by atomic mass is 16.2. The molecule has 168 valence electrons. The summed E-state index contributed by atoms with van der Waals surface area (Å²) >= 11 is 0. The summed E-state index contributed by atoms with van der Waals surface area (Å²) < 4.78 is 0. The van der Waals surface area contributed by atoms with Crippen molar-refractivity contribution in [2.75, 3.05) is 38.1 Å². The molecule has 2 amide bonds. The maximum Gasteiger partial charge on any atom is 0.261 e. The molecule has 2 aliphatic rings. The first-order valence-electron chi connectivity index (χ1n) is 11.4. The van der Waals surface area contributed by atoms with E-state index in [1.807, 2.05) is 6.07 Å². The fraction of sp³-hybridized carbons (Fsp3) is 0.400. The van der Waals surface area contributed by atoms with Crippen LogP contribution in [0.3, 0.4) is 0 Å². The van der Waals surface area contributed by atoms with Gasteiger partial charge in [0.05, 0.1) is 11.1 Å². The lowest BCUT2D eigenvalue weighted by Crippen LogP contribution is -2.51. The molecule has 0 spiro atoms. The van der Waals surface area contributed by atoms with Crippen LogP contribution in [0, 0.1) is 0 Å². The molecular formula is C25H31N5O2. The lowest BCUT2D eigenvalue weighted by Gasteiger charge is -2.35. The van der Waals surface area contributed by atoms with Gasteiger partial charge in [0.25, 0.3) is 11.8 Å². The van der Waals surface area contributed by atoms with Crippen LogP contribution in [0.15, 0.2) is 59.6 Å². The summed E-state index contributed by atoms with van der Waals surface area (Å²) in [5.74, 6) is 0.429. The fourth-order valence-corrected chi connectivity index (χ4v) is 4.40. The van der Waals surface area contributed by atoms with Crippen LogP contribution in [0.25, 0.3) is 0 Å². The molecule has 7 heteroatoms. The number of imide groups is 1. The number of hydrogen-bond acceptors (Lipinski definition) is 4. The predicted molar refractivity (Wildman–Crippen MR) is 127 cm³/mol. The molecule has 0 saturated carbocycles. The minimum atomic E-state index is -0.184. The number of benzene rings is 2. The monoisotopic (exact) mass is 433 g/mol. The van der Waals surface area contributed by atoms with Crippen molar-refractivity contribution < 1.29 is 9.59 Å². The minimum Gasteiger partial charge on any atom is -0.369 e. The number of rotatable bonds is 7. The lowest BCUT2D eigenvalue weighted by atomic mass is 10.1. The smallest absolute Gasteiger partial charge is 0.261 e. The Labute approximate surface area is 189 Å². The number of anilines is 1. The molecule has 7 nitrogen and oxygen atoms in total. The zero-order valence-corrected chi connectivity index (χ0v) is 18.6. The number of guanidine groups is 1. The Morgan fingerprint density at radius 3 is 2.38 bits per heavy atom. The lowest BCUT2D eigenvalue weighted by molar-refractivity contribution is 0.0652. The van der Waals surface area contributed by atoms with Crippen molar-refractivity contribution in [1.82, 2.24) is 15.5 Å². The summed E-state index contributed by atoms with van der Waals surface area (Å²) in [5.41, 5.74) is 2.28. The third-order valence-electron chi connectivity index (χ3n) is 6.09. The van der Waals surface area contributed by atoms with Gasteiger partial charge < -0.3 is 15.5 Å². The highest BCUT2D eigenvalue weighted by Gasteiger charge is 2.34. The number of aliphatic imine (C=N–C) groups is 1. The van der Waals surface area contributed by atoms with Gasteiger partial charge in [-0.25, -0.2) is 0 Å². The molecule has 1 fully saturated rings. The Morgan fingerprint density at radius 1 is 1.00 bits per heavy atom. The van der Waals surface area contributed by atoms with E-state index in [1.54, 1.807) is 31.3 Å². The van der Waals surface area contributed by atoms with Gasteiger partial charge in [0.1, 0.15) is 0 Å². The van der Waals surface area contributed by atoms with Gasteiger partial charge in [0.15, 0.2) is 5.96 Å². The van der Waals surface area contributed by atoms with Gasteiger partial charge in [0, 0.05) is 45.0 Å². The van der Waals surface area contributed by atoms with Gasteiger partial charge in [-0.15, -0.1) is 0 Å². The second kappa shape index (κ2) is 10.3. The number of carbonyl (C=O) groups is 2. The Morgan fingerprint density at radius 2 is 1.69 bits per heavy atom. The van der Waals surface area contributed by atoms with E-state index in [2.05, 4.69) is 44.8 Å². The van der Waals surface area contributed by atoms with Crippen molar-refractivity contribution in [3.8, 4) is 0 Å². The molecule has 1 atom stereocenters. The molecule has 0 radical (unpaired) electrons. The van der Waals surface area contributed by atoms with Gasteiger partial charge in [-0.3, -0.25) is 19.5 Å². The molecule has 2 N–H and O–H groups in total. The van der Waals surface area contributed by atoms with Crippen molar-refractivity contribution in [3.05, 3.63) is 65.7 Å². The van der Waals surface area contributed by atoms with E-state index in [0.717, 1.165) is 51.3 Å². The van der Waals surface area contributed by atoms with Gasteiger partial charge >= 0.3 is 0 Å². The molecule has 2 aliphatic heterocycles. The Kier molecular flexibility index (Phi) is 7.04. The summed E-state index contributed by atoms with van der Waals surface area (Å²) in [4.78, 5) is 33.0. The van der Waals surface area contributed by atoms with Crippen molar-refractivity contribution >= 4 is 23.5 Å². The zero-order valence-electron chi connectivity index (χ0n) is 18.6. The standard InChI is InChI=1S/C25H31N5O2/c1-26-25(28-19-10-9-16-29(18-19)20-11-3-2-4-12-20)27-15-7-8-17-30-23(31)21-13-5-6-14-22(21)24(30)32/h2-6,11-14,19H,7-10,15-18H2,1H3,(H2,26,27,28).